The van der Waals surface area contributed by atoms with Gasteiger partial charge in [-0.3, -0.25) is 0 Å². The van der Waals surface area contributed by atoms with E-state index in [9.17, 15) is 0 Å². The molecule has 0 atom stereocenters. The van der Waals surface area contributed by atoms with Gasteiger partial charge in [-0.05, 0) is 30.7 Å². The van der Waals surface area contributed by atoms with Gasteiger partial charge in [0.1, 0.15) is 12.4 Å². The lowest BCUT2D eigenvalue weighted by molar-refractivity contribution is 0.304. The van der Waals surface area contributed by atoms with Crippen LogP contribution in [0.3, 0.4) is 0 Å². The van der Waals surface area contributed by atoms with Crippen LogP contribution in [0.15, 0.2) is 24.3 Å². The minimum absolute atomic E-state index is 0.420. The largest absolute Gasteiger partial charge is 0.486 e. The Hall–Kier alpha value is -1.66. The summed E-state index contributed by atoms with van der Waals surface area (Å²) in [6, 6.07) is 7.29. The second-order valence-corrected chi connectivity index (χ2v) is 6.13. The fourth-order valence-corrected chi connectivity index (χ4v) is 2.81. The third-order valence-electron chi connectivity index (χ3n) is 3.03. The van der Waals surface area contributed by atoms with Crippen LogP contribution in [0.5, 0.6) is 5.75 Å². The van der Waals surface area contributed by atoms with Gasteiger partial charge in [-0.1, -0.05) is 36.3 Å². The fraction of sp³-hybridized carbons (Fsp3) is 0.357. The normalized spacial score (nSPS) is 11.1. The summed E-state index contributed by atoms with van der Waals surface area (Å²) in [7, 11) is 0. The van der Waals surface area contributed by atoms with Crippen LogP contribution in [-0.4, -0.2) is 19.8 Å². The van der Waals surface area contributed by atoms with Gasteiger partial charge in [-0.25, -0.2) is 0 Å². The van der Waals surface area contributed by atoms with Crippen molar-refractivity contribution in [3.63, 3.8) is 0 Å². The van der Waals surface area contributed by atoms with Crippen molar-refractivity contribution in [3.8, 4) is 5.75 Å². The zero-order chi connectivity index (χ0) is 14.7. The molecule has 0 spiro atoms. The Bertz CT molecular complexity index is 722. The molecule has 2 aromatic heterocycles. The number of hydrogen-bond donors (Lipinski definition) is 0. The lowest BCUT2D eigenvalue weighted by atomic mass is 10.2. The summed E-state index contributed by atoms with van der Waals surface area (Å²) in [6.45, 7) is 2.58. The van der Waals surface area contributed by atoms with E-state index in [1.54, 1.807) is 12.1 Å². The van der Waals surface area contributed by atoms with Crippen molar-refractivity contribution in [3.05, 3.63) is 40.1 Å². The first kappa shape index (κ1) is 14.3. The van der Waals surface area contributed by atoms with Gasteiger partial charge in [-0.15, -0.1) is 10.2 Å². The van der Waals surface area contributed by atoms with Crippen molar-refractivity contribution in [1.82, 2.24) is 19.8 Å². The molecule has 0 saturated carbocycles. The van der Waals surface area contributed by atoms with Crippen molar-refractivity contribution >= 4 is 27.9 Å². The quantitative estimate of drug-likeness (QED) is 0.693. The molecule has 0 fully saturated rings. The summed E-state index contributed by atoms with van der Waals surface area (Å²) in [4.78, 5) is 0.816. The highest BCUT2D eigenvalue weighted by Gasteiger charge is 2.11. The van der Waals surface area contributed by atoms with Gasteiger partial charge in [0.2, 0.25) is 4.96 Å². The minimum atomic E-state index is 0.420. The van der Waals surface area contributed by atoms with Crippen LogP contribution in [0.4, 0.5) is 0 Å². The Balaban J connectivity index is 1.69. The number of aryl methyl sites for hydroxylation is 1. The Labute approximate surface area is 131 Å². The molecule has 0 bridgehead atoms. The van der Waals surface area contributed by atoms with Crippen molar-refractivity contribution in [2.45, 2.75) is 32.8 Å². The molecule has 1 aromatic carbocycles. The van der Waals surface area contributed by atoms with Gasteiger partial charge in [-0.2, -0.15) is 9.61 Å². The Morgan fingerprint density at radius 1 is 1.24 bits per heavy atom. The highest BCUT2D eigenvalue weighted by molar-refractivity contribution is 7.16. The van der Waals surface area contributed by atoms with Crippen molar-refractivity contribution in [2.75, 3.05) is 0 Å². The Morgan fingerprint density at radius 2 is 2.05 bits per heavy atom. The van der Waals surface area contributed by atoms with E-state index in [1.165, 1.54) is 11.3 Å². The summed E-state index contributed by atoms with van der Waals surface area (Å²) in [5, 5.41) is 14.4. The molecule has 0 N–H and O–H groups in total. The number of halogens is 1. The molecule has 0 aliphatic carbocycles. The van der Waals surface area contributed by atoms with Crippen LogP contribution < -0.4 is 4.74 Å². The number of hydrogen-bond acceptors (Lipinski definition) is 5. The number of ether oxygens (including phenoxy) is 1. The lowest BCUT2D eigenvalue weighted by Gasteiger charge is -2.02. The maximum atomic E-state index is 5.84. The number of nitrogens with zero attached hydrogens (tertiary/aromatic N) is 4. The summed E-state index contributed by atoms with van der Waals surface area (Å²) >= 11 is 7.34. The van der Waals surface area contributed by atoms with Crippen LogP contribution in [0.25, 0.3) is 4.96 Å². The van der Waals surface area contributed by atoms with Crippen molar-refractivity contribution < 1.29 is 4.74 Å². The monoisotopic (exact) mass is 322 g/mol. The van der Waals surface area contributed by atoms with Crippen molar-refractivity contribution in [2.24, 2.45) is 0 Å². The van der Waals surface area contributed by atoms with Crippen LogP contribution >= 0.6 is 22.9 Å². The molecule has 110 valence electrons. The summed E-state index contributed by atoms with van der Waals surface area (Å²) in [5.74, 6) is 1.69. The van der Waals surface area contributed by atoms with E-state index < -0.39 is 0 Å². The van der Waals surface area contributed by atoms with E-state index in [1.807, 2.05) is 16.6 Å². The maximum Gasteiger partial charge on any atom is 0.234 e. The van der Waals surface area contributed by atoms with Gasteiger partial charge in [0.25, 0.3) is 0 Å². The molecule has 7 heteroatoms. The Kier molecular flexibility index (Phi) is 4.36. The first-order valence-electron chi connectivity index (χ1n) is 6.84. The SMILES string of the molecule is CCCCc1nnc2sc(COc3ccc(Cl)cc3)nn12. The first-order chi connectivity index (χ1) is 10.3. The molecule has 21 heavy (non-hydrogen) atoms. The third kappa shape index (κ3) is 3.33. The number of fused-ring (bicyclic) bond motifs is 1. The van der Waals surface area contributed by atoms with Crippen LogP contribution in [-0.2, 0) is 13.0 Å². The summed E-state index contributed by atoms with van der Waals surface area (Å²) < 4.78 is 7.52. The first-order valence-corrected chi connectivity index (χ1v) is 8.04. The highest BCUT2D eigenvalue weighted by Crippen LogP contribution is 2.19. The predicted molar refractivity (Wildman–Crippen MR) is 83.1 cm³/mol. The zero-order valence-electron chi connectivity index (χ0n) is 11.6. The molecule has 0 aliphatic rings. The molecule has 0 aliphatic heterocycles. The molecule has 0 amide bonds. The average Bonchev–Trinajstić information content (AvgIpc) is 3.05. The van der Waals surface area contributed by atoms with Crippen LogP contribution in [0, 0.1) is 0 Å². The van der Waals surface area contributed by atoms with E-state index >= 15 is 0 Å². The Morgan fingerprint density at radius 3 is 2.81 bits per heavy atom. The van der Waals surface area contributed by atoms with E-state index in [0.29, 0.717) is 11.6 Å². The van der Waals surface area contributed by atoms with Gasteiger partial charge in [0, 0.05) is 11.4 Å². The molecule has 0 saturated heterocycles. The second-order valence-electron chi connectivity index (χ2n) is 4.65. The fourth-order valence-electron chi connectivity index (χ4n) is 1.92. The average molecular weight is 323 g/mol. The molecular weight excluding hydrogens is 308 g/mol. The van der Waals surface area contributed by atoms with Crippen LogP contribution in [0.2, 0.25) is 5.02 Å². The van der Waals surface area contributed by atoms with E-state index in [2.05, 4.69) is 22.2 Å². The standard InChI is InChI=1S/C14H15ClN4OS/c1-2-3-4-12-16-17-14-19(12)18-13(21-14)9-20-11-7-5-10(15)6-8-11/h5-8H,2-4,9H2,1H3. The zero-order valence-corrected chi connectivity index (χ0v) is 13.2. The number of benzene rings is 1. The van der Waals surface area contributed by atoms with Gasteiger partial charge in [0.05, 0.1) is 0 Å². The molecule has 0 unspecified atom stereocenters. The molecule has 0 radical (unpaired) electrons. The number of unbranched alkanes of at least 4 members (excludes halogenated alkanes) is 1. The minimum Gasteiger partial charge on any atom is -0.486 e. The molecular formula is C14H15ClN4OS. The van der Waals surface area contributed by atoms with Crippen molar-refractivity contribution in [1.29, 1.82) is 0 Å². The van der Waals surface area contributed by atoms with Gasteiger partial charge < -0.3 is 4.74 Å². The molecule has 3 rings (SSSR count). The summed E-state index contributed by atoms with van der Waals surface area (Å²) in [5.41, 5.74) is 0. The lowest BCUT2D eigenvalue weighted by Crippen LogP contribution is -1.99. The third-order valence-corrected chi connectivity index (χ3v) is 4.15. The second kappa shape index (κ2) is 6.41. The number of aromatic nitrogens is 4. The van der Waals surface area contributed by atoms with E-state index in [0.717, 1.165) is 40.8 Å². The molecule has 3 aromatic rings. The van der Waals surface area contributed by atoms with E-state index in [-0.39, 0.29) is 0 Å². The van der Waals surface area contributed by atoms with E-state index in [4.69, 9.17) is 16.3 Å². The summed E-state index contributed by atoms with van der Waals surface area (Å²) in [6.07, 6.45) is 3.12. The van der Waals surface area contributed by atoms with Gasteiger partial charge >= 0.3 is 0 Å². The molecule has 5 nitrogen and oxygen atoms in total. The number of rotatable bonds is 6. The highest BCUT2D eigenvalue weighted by atomic mass is 35.5. The predicted octanol–water partition coefficient (Wildman–Crippen LogP) is 3.76. The topological polar surface area (TPSA) is 52.3 Å². The molecule has 2 heterocycles. The van der Waals surface area contributed by atoms with Crippen LogP contribution in [0.1, 0.15) is 30.6 Å². The van der Waals surface area contributed by atoms with Gasteiger partial charge in [0.15, 0.2) is 10.8 Å². The smallest absolute Gasteiger partial charge is 0.234 e. The maximum absolute atomic E-state index is 5.84.